The lowest BCUT2D eigenvalue weighted by molar-refractivity contribution is 0.399. The van der Waals surface area contributed by atoms with Gasteiger partial charge in [-0.15, -0.1) is 0 Å². The first kappa shape index (κ1) is 32.3. The molecule has 0 aromatic heterocycles. The maximum Gasteiger partial charge on any atom is 0.262 e. The van der Waals surface area contributed by atoms with Gasteiger partial charge in [0.15, 0.2) is 0 Å². The van der Waals surface area contributed by atoms with E-state index in [2.05, 4.69) is 52.7 Å². The highest BCUT2D eigenvalue weighted by atomic mass is 32.1. The third-order valence-corrected chi connectivity index (χ3v) is 6.93. The first-order valence-corrected chi connectivity index (χ1v) is 13.7. The lowest BCUT2D eigenvalue weighted by atomic mass is 9.73. The van der Waals surface area contributed by atoms with Crippen molar-refractivity contribution in [2.24, 2.45) is 11.7 Å². The molecule has 1 aromatic rings. The van der Waals surface area contributed by atoms with Crippen molar-refractivity contribution in [1.29, 1.82) is 0 Å². The number of hydrogen-bond acceptors (Lipinski definition) is 6. The SMILES string of the molecule is C.C=C(C)[C@@H]1CCC(C)=C[C@H]1c1c(O)cc(CCCCC)cc1OC(=S)NCC1CO1.NCC1CO1.[2H]C[B]. The third-order valence-electron chi connectivity index (χ3n) is 6.71. The lowest BCUT2D eigenvalue weighted by Crippen LogP contribution is -2.30. The summed E-state index contributed by atoms with van der Waals surface area (Å²) in [5.74, 6) is 1.24. The maximum atomic E-state index is 11.1. The minimum atomic E-state index is 0. The second kappa shape index (κ2) is 17.7. The number of phenolic OH excluding ortho intramolecular Hbond substituents is 1. The van der Waals surface area contributed by atoms with Gasteiger partial charge in [0.2, 0.25) is 0 Å². The summed E-state index contributed by atoms with van der Waals surface area (Å²) in [4.78, 5) is 0. The molecule has 0 amide bonds. The summed E-state index contributed by atoms with van der Waals surface area (Å²) in [6, 6.07) is 3.96. The minimum absolute atomic E-state index is 0. The van der Waals surface area contributed by atoms with E-state index in [0.29, 0.717) is 30.1 Å². The Labute approximate surface area is 239 Å². The minimum Gasteiger partial charge on any atom is -0.507 e. The number of nitrogens with two attached hydrogens (primary N) is 1. The molecule has 4 atom stereocenters. The molecular formula is C30H49BN2O4S. The van der Waals surface area contributed by atoms with Crippen molar-refractivity contribution >= 4 is 25.2 Å². The molecule has 1 aliphatic carbocycles. The molecule has 0 spiro atoms. The van der Waals surface area contributed by atoms with Crippen LogP contribution in [0.25, 0.3) is 0 Å². The number of unbranched alkanes of at least 4 members (excludes halogenated alkanes) is 2. The van der Waals surface area contributed by atoms with E-state index >= 15 is 0 Å². The molecule has 4 rings (SSSR count). The van der Waals surface area contributed by atoms with Crippen LogP contribution in [0.1, 0.15) is 78.7 Å². The zero-order valence-electron chi connectivity index (χ0n) is 23.8. The van der Waals surface area contributed by atoms with Crippen molar-refractivity contribution in [3.05, 3.63) is 47.1 Å². The molecule has 38 heavy (non-hydrogen) atoms. The molecule has 2 heterocycles. The number of aryl methyl sites for hydroxylation is 1. The summed E-state index contributed by atoms with van der Waals surface area (Å²) < 4.78 is 22.1. The van der Waals surface area contributed by atoms with E-state index in [1.54, 1.807) is 0 Å². The normalized spacial score (nSPS) is 23.1. The van der Waals surface area contributed by atoms with Crippen LogP contribution in [0.3, 0.4) is 0 Å². The molecule has 2 aliphatic heterocycles. The standard InChI is InChI=1S/C25H35NO3S.C3H7NO.CH3B.CH4/c1-5-6-7-8-18-12-22(27)24(21-11-17(4)9-10-20(21)16(2)3)23(13-18)29-25(30)26-14-19-15-28-19;4-1-3-2-5-3;1-2;/h11-13,19-21,27H,2,5-10,14-15H2,1,3-4H3,(H,26,30);3H,1-2,4H2;1H3;1H4/t19?,20-,21+;;;/m0.../s1/i;;1D;. The number of thiocarbonyl (C=S) groups is 1. The van der Waals surface area contributed by atoms with E-state index in [0.717, 1.165) is 62.0 Å². The van der Waals surface area contributed by atoms with Crippen molar-refractivity contribution < 1.29 is 20.7 Å². The molecule has 8 heteroatoms. The highest BCUT2D eigenvalue weighted by Gasteiger charge is 2.31. The summed E-state index contributed by atoms with van der Waals surface area (Å²) in [6.07, 6.45) is 9.31. The Kier molecular flexibility index (Phi) is 15.0. The molecule has 2 radical (unpaired) electrons. The molecule has 212 valence electrons. The van der Waals surface area contributed by atoms with Crippen LogP contribution in [0.15, 0.2) is 35.9 Å². The van der Waals surface area contributed by atoms with Crippen LogP contribution in [0.4, 0.5) is 0 Å². The Morgan fingerprint density at radius 1 is 1.32 bits per heavy atom. The quantitative estimate of drug-likeness (QED) is 0.110. The Bertz CT molecular complexity index is 938. The fraction of sp³-hybridized carbons (Fsp3) is 0.633. The molecule has 4 N–H and O–H groups in total. The highest BCUT2D eigenvalue weighted by molar-refractivity contribution is 7.80. The van der Waals surface area contributed by atoms with Gasteiger partial charge >= 0.3 is 0 Å². The first-order valence-electron chi connectivity index (χ1n) is 14.0. The number of aromatic hydroxyl groups is 1. The number of rotatable bonds is 10. The molecular weight excluding hydrogens is 495 g/mol. The molecule has 2 fully saturated rings. The topological polar surface area (TPSA) is 92.6 Å². The molecule has 3 aliphatic rings. The predicted molar refractivity (Wildman–Crippen MR) is 163 cm³/mol. The van der Waals surface area contributed by atoms with Crippen LogP contribution in [-0.2, 0) is 15.9 Å². The van der Waals surface area contributed by atoms with Crippen LogP contribution < -0.4 is 15.8 Å². The van der Waals surface area contributed by atoms with Gasteiger partial charge in [0.25, 0.3) is 5.17 Å². The zero-order chi connectivity index (χ0) is 28.1. The number of nitrogens with one attached hydrogen (secondary N) is 1. The molecule has 6 nitrogen and oxygen atoms in total. The van der Waals surface area contributed by atoms with Crippen molar-refractivity contribution in [2.45, 2.75) is 91.6 Å². The average Bonchev–Trinajstić information content (AvgIpc) is 3.78. The maximum absolute atomic E-state index is 11.1. The van der Waals surface area contributed by atoms with Gasteiger partial charge in [0, 0.05) is 25.9 Å². The summed E-state index contributed by atoms with van der Waals surface area (Å²) >= 11 is 5.44. The Balaban J connectivity index is 0.000000733. The Morgan fingerprint density at radius 2 is 1.97 bits per heavy atom. The number of hydrogen-bond donors (Lipinski definition) is 3. The Morgan fingerprint density at radius 3 is 2.50 bits per heavy atom. The van der Waals surface area contributed by atoms with Gasteiger partial charge in [-0.05, 0) is 75.4 Å². The van der Waals surface area contributed by atoms with Crippen LogP contribution in [0.5, 0.6) is 11.5 Å². The lowest BCUT2D eigenvalue weighted by Gasteiger charge is -2.32. The number of benzene rings is 1. The van der Waals surface area contributed by atoms with E-state index in [-0.39, 0.29) is 37.9 Å². The first-order chi connectivity index (χ1) is 18.2. The second-order valence-corrected chi connectivity index (χ2v) is 10.3. The number of epoxide rings is 2. The smallest absolute Gasteiger partial charge is 0.262 e. The van der Waals surface area contributed by atoms with E-state index < -0.39 is 0 Å². The van der Waals surface area contributed by atoms with E-state index in [1.165, 1.54) is 12.0 Å². The van der Waals surface area contributed by atoms with E-state index in [9.17, 15) is 5.11 Å². The van der Waals surface area contributed by atoms with Gasteiger partial charge in [-0.1, -0.05) is 57.8 Å². The predicted octanol–water partition coefficient (Wildman–Crippen LogP) is 5.98. The van der Waals surface area contributed by atoms with Gasteiger partial charge < -0.3 is 30.4 Å². The summed E-state index contributed by atoms with van der Waals surface area (Å²) in [5, 5.41) is 14.5. The van der Waals surface area contributed by atoms with E-state index in [1.807, 2.05) is 6.07 Å². The number of ether oxygens (including phenoxy) is 3. The fourth-order valence-electron chi connectivity index (χ4n) is 4.44. The molecule has 2 unspecified atom stereocenters. The molecule has 2 saturated heterocycles. The zero-order valence-corrected chi connectivity index (χ0v) is 23.6. The van der Waals surface area contributed by atoms with Gasteiger partial charge in [-0.3, -0.25) is 0 Å². The second-order valence-electron chi connectivity index (χ2n) is 9.93. The van der Waals surface area contributed by atoms with Crippen LogP contribution >= 0.6 is 12.2 Å². The summed E-state index contributed by atoms with van der Waals surface area (Å²) in [5.41, 5.74) is 9.47. The van der Waals surface area contributed by atoms with Gasteiger partial charge in [0.05, 0.1) is 33.3 Å². The van der Waals surface area contributed by atoms with Crippen molar-refractivity contribution in [1.82, 2.24) is 5.32 Å². The van der Waals surface area contributed by atoms with Crippen molar-refractivity contribution in [3.8, 4) is 11.5 Å². The van der Waals surface area contributed by atoms with Gasteiger partial charge in [0.1, 0.15) is 11.5 Å². The third kappa shape index (κ3) is 11.5. The molecule has 0 bridgehead atoms. The fourth-order valence-corrected chi connectivity index (χ4v) is 4.61. The van der Waals surface area contributed by atoms with Crippen LogP contribution in [0, 0.1) is 5.92 Å². The Hall–Kier alpha value is -1.87. The monoisotopic (exact) mass is 545 g/mol. The summed E-state index contributed by atoms with van der Waals surface area (Å²) in [6.45, 7) is 13.6. The van der Waals surface area contributed by atoms with E-state index in [4.69, 9.17) is 33.5 Å². The molecule has 1 aromatic carbocycles. The number of allylic oxidation sites excluding steroid dienone is 3. The van der Waals surface area contributed by atoms with Crippen molar-refractivity contribution in [2.75, 3.05) is 26.3 Å². The average molecular weight is 546 g/mol. The van der Waals surface area contributed by atoms with Gasteiger partial charge in [-0.25, -0.2) is 0 Å². The van der Waals surface area contributed by atoms with Crippen LogP contribution in [-0.4, -0.2) is 56.6 Å². The number of phenols is 1. The van der Waals surface area contributed by atoms with Crippen LogP contribution in [0.2, 0.25) is 6.80 Å². The highest BCUT2D eigenvalue weighted by Crippen LogP contribution is 2.47. The molecule has 0 saturated carbocycles. The summed E-state index contributed by atoms with van der Waals surface area (Å²) in [7, 11) is 4.51. The van der Waals surface area contributed by atoms with Gasteiger partial charge in [-0.2, -0.15) is 0 Å². The van der Waals surface area contributed by atoms with Crippen molar-refractivity contribution in [3.63, 3.8) is 0 Å². The largest absolute Gasteiger partial charge is 0.507 e.